The lowest BCUT2D eigenvalue weighted by Crippen LogP contribution is -2.47. The van der Waals surface area contributed by atoms with E-state index in [0.29, 0.717) is 13.0 Å². The number of aryl methyl sites for hydroxylation is 1. The Kier molecular flexibility index (Phi) is 4.25. The molecule has 0 bridgehead atoms. The van der Waals surface area contributed by atoms with E-state index < -0.39 is 32.4 Å². The van der Waals surface area contributed by atoms with Crippen LogP contribution < -0.4 is 10.5 Å². The van der Waals surface area contributed by atoms with Crippen LogP contribution in [-0.2, 0) is 14.8 Å². The molecule has 2 unspecified atom stereocenters. The van der Waals surface area contributed by atoms with Crippen LogP contribution in [0.4, 0.5) is 10.1 Å². The van der Waals surface area contributed by atoms with E-state index >= 15 is 0 Å². The van der Waals surface area contributed by atoms with Gasteiger partial charge in [0.1, 0.15) is 16.3 Å². The second-order valence-corrected chi connectivity index (χ2v) is 7.08. The summed E-state index contributed by atoms with van der Waals surface area (Å²) in [6.07, 6.45) is -0.178. The van der Waals surface area contributed by atoms with E-state index in [1.54, 1.807) is 6.92 Å². The number of anilines is 1. The fraction of sp³-hybridized carbons (Fsp3) is 0.538. The van der Waals surface area contributed by atoms with Crippen molar-refractivity contribution < 1.29 is 22.7 Å². The lowest BCUT2D eigenvalue weighted by Gasteiger charge is -2.26. The summed E-state index contributed by atoms with van der Waals surface area (Å²) < 4.78 is 45.8. The van der Waals surface area contributed by atoms with Gasteiger partial charge in [-0.2, -0.15) is 0 Å². The summed E-state index contributed by atoms with van der Waals surface area (Å²) in [5.41, 5.74) is 4.57. The highest BCUT2D eigenvalue weighted by molar-refractivity contribution is 7.89. The number of hydrogen-bond acceptors (Lipinski definition) is 5. The fourth-order valence-electron chi connectivity index (χ4n) is 2.26. The van der Waals surface area contributed by atoms with Gasteiger partial charge in [-0.1, -0.05) is 0 Å². The van der Waals surface area contributed by atoms with Gasteiger partial charge < -0.3 is 15.6 Å². The quantitative estimate of drug-likeness (QED) is 0.703. The predicted molar refractivity (Wildman–Crippen MR) is 75.7 cm³/mol. The average Bonchev–Trinajstić information content (AvgIpc) is 2.72. The van der Waals surface area contributed by atoms with Crippen molar-refractivity contribution in [2.45, 2.75) is 36.9 Å². The first-order valence-corrected chi connectivity index (χ1v) is 8.03. The first-order valence-electron chi connectivity index (χ1n) is 6.55. The molecular weight excluding hydrogens is 299 g/mol. The molecule has 0 saturated carbocycles. The first-order chi connectivity index (χ1) is 9.66. The molecule has 0 aliphatic carbocycles. The molecule has 21 heavy (non-hydrogen) atoms. The second kappa shape index (κ2) is 5.53. The van der Waals surface area contributed by atoms with Gasteiger partial charge in [0, 0.05) is 25.3 Å². The number of nitrogens with two attached hydrogens (primary N) is 1. The zero-order valence-electron chi connectivity index (χ0n) is 11.9. The van der Waals surface area contributed by atoms with Gasteiger partial charge in [0.2, 0.25) is 10.0 Å². The lowest BCUT2D eigenvalue weighted by atomic mass is 9.97. The highest BCUT2D eigenvalue weighted by Gasteiger charge is 2.40. The monoisotopic (exact) mass is 318 g/mol. The van der Waals surface area contributed by atoms with E-state index in [2.05, 4.69) is 4.72 Å². The molecule has 0 radical (unpaired) electrons. The zero-order valence-corrected chi connectivity index (χ0v) is 12.7. The van der Waals surface area contributed by atoms with Crippen molar-refractivity contribution in [2.75, 3.05) is 18.9 Å². The van der Waals surface area contributed by atoms with Gasteiger partial charge in [-0.05, 0) is 31.5 Å². The molecule has 0 aromatic heterocycles. The number of nitrogens with one attached hydrogen (secondary N) is 1. The molecule has 0 spiro atoms. The molecule has 1 aliphatic rings. The van der Waals surface area contributed by atoms with Crippen molar-refractivity contribution in [2.24, 2.45) is 0 Å². The van der Waals surface area contributed by atoms with Gasteiger partial charge in [-0.15, -0.1) is 0 Å². The van der Waals surface area contributed by atoms with Gasteiger partial charge in [-0.25, -0.2) is 17.5 Å². The highest BCUT2D eigenvalue weighted by Crippen LogP contribution is 2.26. The minimum absolute atomic E-state index is 0.145. The van der Waals surface area contributed by atoms with Crippen molar-refractivity contribution in [3.63, 3.8) is 0 Å². The van der Waals surface area contributed by atoms with Gasteiger partial charge >= 0.3 is 0 Å². The number of aliphatic hydroxyl groups is 1. The SMILES string of the molecule is Cc1cc(N)cc(S(=O)(=O)NCC2(O)CCOC2C)c1F. The van der Waals surface area contributed by atoms with Crippen LogP contribution in [0.15, 0.2) is 17.0 Å². The summed E-state index contributed by atoms with van der Waals surface area (Å²) >= 11 is 0. The predicted octanol–water partition coefficient (Wildman–Crippen LogP) is 0.535. The molecular formula is C13H19FN2O4S. The van der Waals surface area contributed by atoms with Gasteiger partial charge in [0.05, 0.1) is 6.10 Å². The van der Waals surface area contributed by atoms with Crippen molar-refractivity contribution in [3.8, 4) is 0 Å². The first kappa shape index (κ1) is 16.2. The maximum atomic E-state index is 14.0. The summed E-state index contributed by atoms with van der Waals surface area (Å²) in [6, 6.07) is 2.41. The molecule has 1 fully saturated rings. The van der Waals surface area contributed by atoms with Crippen LogP contribution in [0.3, 0.4) is 0 Å². The van der Waals surface area contributed by atoms with Crippen LogP contribution in [0.2, 0.25) is 0 Å². The van der Waals surface area contributed by atoms with E-state index in [0.717, 1.165) is 6.07 Å². The van der Waals surface area contributed by atoms with Gasteiger partial charge in [0.25, 0.3) is 0 Å². The largest absolute Gasteiger partial charge is 0.399 e. The van der Waals surface area contributed by atoms with Gasteiger partial charge in [-0.3, -0.25) is 0 Å². The van der Waals surface area contributed by atoms with Crippen LogP contribution in [0.5, 0.6) is 0 Å². The third kappa shape index (κ3) is 3.18. The summed E-state index contributed by atoms with van der Waals surface area (Å²) in [7, 11) is -4.11. The Morgan fingerprint density at radius 1 is 1.57 bits per heavy atom. The molecule has 1 aromatic carbocycles. The zero-order chi connectivity index (χ0) is 15.8. The van der Waals surface area contributed by atoms with E-state index in [1.807, 2.05) is 0 Å². The number of hydrogen-bond donors (Lipinski definition) is 3. The molecule has 1 saturated heterocycles. The minimum Gasteiger partial charge on any atom is -0.399 e. The maximum Gasteiger partial charge on any atom is 0.243 e. The summed E-state index contributed by atoms with van der Waals surface area (Å²) in [5.74, 6) is -0.848. The van der Waals surface area contributed by atoms with Crippen molar-refractivity contribution in [1.82, 2.24) is 4.72 Å². The highest BCUT2D eigenvalue weighted by atomic mass is 32.2. The minimum atomic E-state index is -4.11. The van der Waals surface area contributed by atoms with E-state index in [1.165, 1.54) is 13.0 Å². The smallest absolute Gasteiger partial charge is 0.243 e. The third-order valence-electron chi connectivity index (χ3n) is 3.76. The molecule has 8 heteroatoms. The molecule has 4 N–H and O–H groups in total. The maximum absolute atomic E-state index is 14.0. The van der Waals surface area contributed by atoms with E-state index in [4.69, 9.17) is 10.5 Å². The second-order valence-electron chi connectivity index (χ2n) is 5.34. The Hall–Kier alpha value is -1.22. The molecule has 2 atom stereocenters. The van der Waals surface area contributed by atoms with E-state index in [-0.39, 0.29) is 17.8 Å². The molecule has 1 aromatic rings. The number of benzene rings is 1. The van der Waals surface area contributed by atoms with Crippen LogP contribution in [0, 0.1) is 12.7 Å². The standard InChI is InChI=1S/C13H19FN2O4S/c1-8-5-10(15)6-11(12(8)14)21(18,19)16-7-13(17)3-4-20-9(13)2/h5-6,9,16-17H,3-4,7,15H2,1-2H3. The molecule has 0 amide bonds. The van der Waals surface area contributed by atoms with Crippen LogP contribution in [0.25, 0.3) is 0 Å². The average molecular weight is 318 g/mol. The Labute approximate surface area is 123 Å². The lowest BCUT2D eigenvalue weighted by molar-refractivity contribution is -0.0228. The Balaban J connectivity index is 2.24. The summed E-state index contributed by atoms with van der Waals surface area (Å²) in [5, 5.41) is 10.3. The molecule has 2 rings (SSSR count). The van der Waals surface area contributed by atoms with Crippen molar-refractivity contribution in [3.05, 3.63) is 23.5 Å². The number of rotatable bonds is 4. The van der Waals surface area contributed by atoms with E-state index in [9.17, 15) is 17.9 Å². The summed E-state index contributed by atoms with van der Waals surface area (Å²) in [4.78, 5) is -0.518. The topological polar surface area (TPSA) is 102 Å². The van der Waals surface area contributed by atoms with Crippen LogP contribution >= 0.6 is 0 Å². The number of sulfonamides is 1. The third-order valence-corrected chi connectivity index (χ3v) is 5.16. The van der Waals surface area contributed by atoms with Gasteiger partial charge in [0.15, 0.2) is 0 Å². The van der Waals surface area contributed by atoms with Crippen molar-refractivity contribution in [1.29, 1.82) is 0 Å². The van der Waals surface area contributed by atoms with Crippen LogP contribution in [-0.4, -0.2) is 38.4 Å². The Morgan fingerprint density at radius 2 is 2.24 bits per heavy atom. The number of nitrogen functional groups attached to an aromatic ring is 1. The molecule has 1 heterocycles. The molecule has 1 aliphatic heterocycles. The molecule has 6 nitrogen and oxygen atoms in total. The normalized spacial score (nSPS) is 26.2. The fourth-order valence-corrected chi connectivity index (χ4v) is 3.54. The van der Waals surface area contributed by atoms with Crippen LogP contribution in [0.1, 0.15) is 18.9 Å². The summed E-state index contributed by atoms with van der Waals surface area (Å²) in [6.45, 7) is 3.20. The van der Waals surface area contributed by atoms with Crippen molar-refractivity contribution >= 4 is 15.7 Å². The number of ether oxygens (including phenoxy) is 1. The Bertz CT molecular complexity index is 650. The number of halogens is 1. The molecule has 118 valence electrons. The Morgan fingerprint density at radius 3 is 2.81 bits per heavy atom.